The summed E-state index contributed by atoms with van der Waals surface area (Å²) in [6.07, 6.45) is 0. The Kier molecular flexibility index (Phi) is 2.62. The first kappa shape index (κ1) is 10.0. The number of aromatic nitrogens is 2. The average molecular weight is 266 g/mol. The van der Waals surface area contributed by atoms with Crippen molar-refractivity contribution in [3.05, 3.63) is 38.8 Å². The number of azide groups is 1. The summed E-state index contributed by atoms with van der Waals surface area (Å²) in [5.41, 5.74) is 10.1. The van der Waals surface area contributed by atoms with Crippen LogP contribution in [0.3, 0.4) is 0 Å². The summed E-state index contributed by atoms with van der Waals surface area (Å²) >= 11 is 3.39. The molecule has 0 N–H and O–H groups in total. The van der Waals surface area contributed by atoms with Crippen LogP contribution in [0.25, 0.3) is 21.3 Å². The van der Waals surface area contributed by atoms with Gasteiger partial charge in [0.05, 0.1) is 17.8 Å². The zero-order valence-electron chi connectivity index (χ0n) is 8.05. The molecule has 2 rings (SSSR count). The number of aryl methyl sites for hydroxylation is 1. The lowest BCUT2D eigenvalue weighted by molar-refractivity contribution is 0.720. The Bertz CT molecular complexity index is 553. The smallest absolute Gasteiger partial charge is 0.0937 e. The predicted octanol–water partition coefficient (Wildman–Crippen LogP) is 3.15. The fourth-order valence-corrected chi connectivity index (χ4v) is 1.86. The number of fused-ring (bicyclic) bond motifs is 1. The molecular formula is C9H8BrN5. The maximum atomic E-state index is 8.29. The highest BCUT2D eigenvalue weighted by molar-refractivity contribution is 9.10. The SMILES string of the molecule is Cn1nc2cc(Br)ccc2c1CN=[N+]=[N-]. The lowest BCUT2D eigenvalue weighted by Crippen LogP contribution is -1.96. The zero-order valence-corrected chi connectivity index (χ0v) is 9.64. The van der Waals surface area contributed by atoms with Crippen LogP contribution in [-0.4, -0.2) is 9.78 Å². The van der Waals surface area contributed by atoms with Gasteiger partial charge in [-0.15, -0.1) is 0 Å². The summed E-state index contributed by atoms with van der Waals surface area (Å²) in [5.74, 6) is 0. The Hall–Kier alpha value is -1.52. The van der Waals surface area contributed by atoms with Crippen molar-refractivity contribution in [3.8, 4) is 0 Å². The van der Waals surface area contributed by atoms with E-state index < -0.39 is 0 Å². The highest BCUT2D eigenvalue weighted by Gasteiger charge is 2.07. The van der Waals surface area contributed by atoms with Gasteiger partial charge in [0.25, 0.3) is 0 Å². The zero-order chi connectivity index (χ0) is 10.8. The summed E-state index contributed by atoms with van der Waals surface area (Å²) in [7, 11) is 1.84. The van der Waals surface area contributed by atoms with Gasteiger partial charge in [0.1, 0.15) is 0 Å². The van der Waals surface area contributed by atoms with Crippen LogP contribution in [0.2, 0.25) is 0 Å². The van der Waals surface area contributed by atoms with Gasteiger partial charge in [-0.05, 0) is 23.7 Å². The number of hydrogen-bond acceptors (Lipinski definition) is 2. The largest absolute Gasteiger partial charge is 0.271 e. The molecule has 1 aromatic heterocycles. The Morgan fingerprint density at radius 1 is 1.60 bits per heavy atom. The van der Waals surface area contributed by atoms with E-state index in [4.69, 9.17) is 5.53 Å². The van der Waals surface area contributed by atoms with Gasteiger partial charge in [-0.1, -0.05) is 21.0 Å². The third-order valence-electron chi connectivity index (χ3n) is 2.20. The summed E-state index contributed by atoms with van der Waals surface area (Å²) in [4.78, 5) is 2.75. The van der Waals surface area contributed by atoms with Crippen molar-refractivity contribution in [2.24, 2.45) is 12.2 Å². The molecular weight excluding hydrogens is 258 g/mol. The highest BCUT2D eigenvalue weighted by Crippen LogP contribution is 2.22. The Morgan fingerprint density at radius 2 is 2.40 bits per heavy atom. The number of benzene rings is 1. The molecule has 0 aliphatic heterocycles. The molecule has 6 heteroatoms. The number of rotatable bonds is 2. The van der Waals surface area contributed by atoms with E-state index in [-0.39, 0.29) is 0 Å². The summed E-state index contributed by atoms with van der Waals surface area (Å²) in [5, 5.41) is 8.91. The fraction of sp³-hybridized carbons (Fsp3) is 0.222. The maximum Gasteiger partial charge on any atom is 0.0937 e. The van der Waals surface area contributed by atoms with E-state index in [1.54, 1.807) is 4.68 Å². The van der Waals surface area contributed by atoms with Gasteiger partial charge in [0, 0.05) is 21.8 Å². The van der Waals surface area contributed by atoms with Gasteiger partial charge >= 0.3 is 0 Å². The van der Waals surface area contributed by atoms with Gasteiger partial charge in [-0.3, -0.25) is 4.68 Å². The molecule has 1 aromatic carbocycles. The molecule has 5 nitrogen and oxygen atoms in total. The monoisotopic (exact) mass is 265 g/mol. The van der Waals surface area contributed by atoms with Crippen LogP contribution in [-0.2, 0) is 13.6 Å². The quantitative estimate of drug-likeness (QED) is 0.467. The highest BCUT2D eigenvalue weighted by atomic mass is 79.9. The number of hydrogen-bond donors (Lipinski definition) is 0. The van der Waals surface area contributed by atoms with Crippen molar-refractivity contribution in [1.29, 1.82) is 0 Å². The van der Waals surface area contributed by atoms with Gasteiger partial charge in [0.2, 0.25) is 0 Å². The third kappa shape index (κ3) is 1.82. The molecule has 1 heterocycles. The molecule has 0 unspecified atom stereocenters. The molecule has 0 saturated carbocycles. The second kappa shape index (κ2) is 3.92. The molecule has 0 spiro atoms. The van der Waals surface area contributed by atoms with E-state index in [2.05, 4.69) is 31.1 Å². The Balaban J connectivity index is 2.62. The van der Waals surface area contributed by atoms with Crippen LogP contribution in [0.15, 0.2) is 27.8 Å². The molecule has 0 saturated heterocycles. The molecule has 0 amide bonds. The van der Waals surface area contributed by atoms with Crippen molar-refractivity contribution in [3.63, 3.8) is 0 Å². The van der Waals surface area contributed by atoms with Crippen molar-refractivity contribution in [2.45, 2.75) is 6.54 Å². The van der Waals surface area contributed by atoms with Gasteiger partial charge < -0.3 is 0 Å². The van der Waals surface area contributed by atoms with Crippen LogP contribution in [0, 0.1) is 0 Å². The minimum absolute atomic E-state index is 0.325. The first-order valence-corrected chi connectivity index (χ1v) is 5.13. The normalized spacial score (nSPS) is 10.3. The van der Waals surface area contributed by atoms with E-state index >= 15 is 0 Å². The van der Waals surface area contributed by atoms with Crippen molar-refractivity contribution >= 4 is 26.8 Å². The standard InChI is InChI=1S/C9H8BrN5/c1-15-9(5-12-14-11)7-3-2-6(10)4-8(7)13-15/h2-4H,5H2,1H3. The molecule has 0 aliphatic rings. The van der Waals surface area contributed by atoms with E-state index in [0.717, 1.165) is 21.1 Å². The van der Waals surface area contributed by atoms with Crippen molar-refractivity contribution < 1.29 is 0 Å². The minimum Gasteiger partial charge on any atom is -0.271 e. The minimum atomic E-state index is 0.325. The molecule has 0 fully saturated rings. The lowest BCUT2D eigenvalue weighted by Gasteiger charge is -1.96. The molecule has 0 radical (unpaired) electrons. The summed E-state index contributed by atoms with van der Waals surface area (Å²) < 4.78 is 2.73. The molecule has 2 aromatic rings. The Morgan fingerprint density at radius 3 is 3.13 bits per heavy atom. The van der Waals surface area contributed by atoms with Crippen LogP contribution in [0.1, 0.15) is 5.69 Å². The number of halogens is 1. The molecule has 0 aliphatic carbocycles. The lowest BCUT2D eigenvalue weighted by atomic mass is 10.2. The summed E-state index contributed by atoms with van der Waals surface area (Å²) in [6.45, 7) is 0.325. The first-order chi connectivity index (χ1) is 7.22. The predicted molar refractivity (Wildman–Crippen MR) is 61.3 cm³/mol. The van der Waals surface area contributed by atoms with E-state index in [0.29, 0.717) is 6.54 Å². The van der Waals surface area contributed by atoms with Crippen LogP contribution < -0.4 is 0 Å². The molecule has 76 valence electrons. The Labute approximate surface area is 94.5 Å². The average Bonchev–Trinajstić information content (AvgIpc) is 2.50. The first-order valence-electron chi connectivity index (χ1n) is 4.34. The fourth-order valence-electron chi connectivity index (χ4n) is 1.51. The topological polar surface area (TPSA) is 66.6 Å². The second-order valence-corrected chi connectivity index (χ2v) is 4.04. The third-order valence-corrected chi connectivity index (χ3v) is 2.70. The van der Waals surface area contributed by atoms with E-state index in [1.165, 1.54) is 0 Å². The van der Waals surface area contributed by atoms with Gasteiger partial charge in [0.15, 0.2) is 0 Å². The van der Waals surface area contributed by atoms with Crippen LogP contribution >= 0.6 is 15.9 Å². The maximum absolute atomic E-state index is 8.29. The van der Waals surface area contributed by atoms with Crippen LogP contribution in [0.5, 0.6) is 0 Å². The molecule has 0 atom stereocenters. The second-order valence-electron chi connectivity index (χ2n) is 3.12. The molecule has 15 heavy (non-hydrogen) atoms. The van der Waals surface area contributed by atoms with Crippen molar-refractivity contribution in [1.82, 2.24) is 9.78 Å². The van der Waals surface area contributed by atoms with Gasteiger partial charge in [-0.25, -0.2) is 0 Å². The van der Waals surface area contributed by atoms with Gasteiger partial charge in [-0.2, -0.15) is 5.10 Å². The van der Waals surface area contributed by atoms with Crippen LogP contribution in [0.4, 0.5) is 0 Å². The summed E-state index contributed by atoms with van der Waals surface area (Å²) in [6, 6.07) is 5.85. The van der Waals surface area contributed by atoms with Crippen molar-refractivity contribution in [2.75, 3.05) is 0 Å². The van der Waals surface area contributed by atoms with E-state index in [1.807, 2.05) is 25.2 Å². The molecule has 0 bridgehead atoms. The van der Waals surface area contributed by atoms with E-state index in [9.17, 15) is 0 Å². The number of nitrogens with zero attached hydrogens (tertiary/aromatic N) is 5.